The Morgan fingerprint density at radius 1 is 1.06 bits per heavy atom. The molecule has 0 amide bonds. The van der Waals surface area contributed by atoms with Crippen molar-refractivity contribution in [2.75, 3.05) is 13.6 Å². The number of aromatic amines is 1. The van der Waals surface area contributed by atoms with Gasteiger partial charge in [0.2, 0.25) is 0 Å². The Bertz CT molecular complexity index is 1200. The number of benzene rings is 2. The maximum atomic E-state index is 12.3. The molecule has 0 radical (unpaired) electrons. The van der Waals surface area contributed by atoms with E-state index >= 15 is 0 Å². The quantitative estimate of drug-likeness (QED) is 0.548. The zero-order valence-corrected chi connectivity index (χ0v) is 18.7. The lowest BCUT2D eigenvalue weighted by Crippen LogP contribution is -2.38. The topological polar surface area (TPSA) is 104 Å². The number of rotatable bonds is 7. The molecular weight excluding hydrogens is 404 g/mol. The lowest BCUT2D eigenvalue weighted by molar-refractivity contribution is -0.880. The van der Waals surface area contributed by atoms with Crippen molar-refractivity contribution < 1.29 is 14.5 Å². The summed E-state index contributed by atoms with van der Waals surface area (Å²) in [6, 6.07) is 15.7. The van der Waals surface area contributed by atoms with Crippen LogP contribution in [-0.2, 0) is 4.79 Å². The molecule has 0 fully saturated rings. The van der Waals surface area contributed by atoms with Crippen molar-refractivity contribution in [2.45, 2.75) is 27.2 Å². The van der Waals surface area contributed by atoms with Gasteiger partial charge in [0.05, 0.1) is 7.05 Å². The molecule has 0 spiro atoms. The number of aromatic nitrogens is 4. The van der Waals surface area contributed by atoms with Crippen molar-refractivity contribution in [3.63, 3.8) is 0 Å². The molecule has 0 saturated carbocycles. The Hall–Kier alpha value is -3.65. The van der Waals surface area contributed by atoms with E-state index in [1.807, 2.05) is 69.4 Å². The molecule has 2 aromatic carbocycles. The Labute approximate surface area is 186 Å². The molecule has 1 aliphatic heterocycles. The van der Waals surface area contributed by atoms with E-state index in [4.69, 9.17) is 5.10 Å². The fourth-order valence-electron chi connectivity index (χ4n) is 4.57. The van der Waals surface area contributed by atoms with Crippen molar-refractivity contribution in [3.05, 3.63) is 65.4 Å². The van der Waals surface area contributed by atoms with Gasteiger partial charge in [0, 0.05) is 17.0 Å². The Morgan fingerprint density at radius 3 is 2.28 bits per heavy atom. The van der Waals surface area contributed by atoms with E-state index in [-0.39, 0.29) is 10.5 Å². The Morgan fingerprint density at radius 2 is 1.72 bits per heavy atom. The van der Waals surface area contributed by atoms with Gasteiger partial charge in [0.25, 0.3) is 0 Å². The molecule has 32 heavy (non-hydrogen) atoms. The van der Waals surface area contributed by atoms with Crippen LogP contribution in [-0.4, -0.2) is 55.6 Å². The number of tetrazole rings is 1. The van der Waals surface area contributed by atoms with Gasteiger partial charge in [-0.1, -0.05) is 74.4 Å². The van der Waals surface area contributed by atoms with E-state index in [9.17, 15) is 9.90 Å². The monoisotopic (exact) mass is 431 g/mol. The van der Waals surface area contributed by atoms with Gasteiger partial charge >= 0.3 is 5.97 Å². The molecule has 0 bridgehead atoms. The third-order valence-electron chi connectivity index (χ3n) is 5.75. The molecule has 2 heterocycles. The highest BCUT2D eigenvalue weighted by Gasteiger charge is 2.44. The van der Waals surface area contributed by atoms with Crippen LogP contribution in [0, 0.1) is 5.92 Å². The number of hydrogen-bond donors (Lipinski definition) is 2. The molecule has 164 valence electrons. The summed E-state index contributed by atoms with van der Waals surface area (Å²) in [7, 11) is 1.99. The first-order valence-corrected chi connectivity index (χ1v) is 10.7. The summed E-state index contributed by atoms with van der Waals surface area (Å²) in [5.74, 6) is -0.270. The molecule has 8 heteroatoms. The predicted octanol–water partition coefficient (Wildman–Crippen LogP) is 4.10. The highest BCUT2D eigenvalue weighted by molar-refractivity contribution is 6.27. The van der Waals surface area contributed by atoms with Crippen molar-refractivity contribution >= 4 is 11.7 Å². The Balaban J connectivity index is 1.78. The molecule has 1 unspecified atom stereocenters. The van der Waals surface area contributed by atoms with E-state index in [1.54, 1.807) is 0 Å². The van der Waals surface area contributed by atoms with Gasteiger partial charge < -0.3 is 5.11 Å². The average Bonchev–Trinajstić information content (AvgIpc) is 3.40. The summed E-state index contributed by atoms with van der Waals surface area (Å²) in [4.78, 5) is 12.3. The standard InChI is InChI=1S/C24H26N6O2/c1-5-14-30(4)22(15(2)3)20(24(31)32)21(27-30)17-12-10-16(11-13-17)18-8-6-7-9-19(18)23-25-28-29-26-23/h6-13,15H,5,14H2,1-4H3,(H-,25,26,27,28,29,31,32)/p+1. The second kappa shape index (κ2) is 8.47. The zero-order valence-electron chi connectivity index (χ0n) is 18.7. The predicted molar refractivity (Wildman–Crippen MR) is 122 cm³/mol. The summed E-state index contributed by atoms with van der Waals surface area (Å²) in [5.41, 5.74) is 5.35. The fourth-order valence-corrected chi connectivity index (χ4v) is 4.57. The van der Waals surface area contributed by atoms with Gasteiger partial charge in [-0.25, -0.2) is 9.89 Å². The van der Waals surface area contributed by atoms with Gasteiger partial charge in [-0.2, -0.15) is 4.59 Å². The summed E-state index contributed by atoms with van der Waals surface area (Å²) in [6.45, 7) is 6.90. The number of carboxylic acids is 1. The van der Waals surface area contributed by atoms with E-state index in [1.165, 1.54) is 0 Å². The van der Waals surface area contributed by atoms with Crippen LogP contribution in [0.4, 0.5) is 0 Å². The lowest BCUT2D eigenvalue weighted by Gasteiger charge is -2.28. The van der Waals surface area contributed by atoms with Crippen LogP contribution in [0.3, 0.4) is 0 Å². The van der Waals surface area contributed by atoms with Crippen LogP contribution in [0.5, 0.6) is 0 Å². The van der Waals surface area contributed by atoms with Crippen molar-refractivity contribution in [1.82, 2.24) is 20.6 Å². The van der Waals surface area contributed by atoms with E-state index in [0.717, 1.165) is 40.9 Å². The minimum atomic E-state index is -0.933. The summed E-state index contributed by atoms with van der Waals surface area (Å²) in [5, 5.41) is 29.2. The van der Waals surface area contributed by atoms with Gasteiger partial charge in [0.15, 0.2) is 17.1 Å². The number of hydrogen-bond acceptors (Lipinski definition) is 5. The first kappa shape index (κ1) is 21.6. The zero-order chi connectivity index (χ0) is 22.9. The highest BCUT2D eigenvalue weighted by Crippen LogP contribution is 2.36. The number of carbonyl (C=O) groups is 1. The van der Waals surface area contributed by atoms with Crippen molar-refractivity contribution in [1.29, 1.82) is 0 Å². The molecular formula is C24H27N6O2+. The number of nitrogens with zero attached hydrogens (tertiary/aromatic N) is 5. The smallest absolute Gasteiger partial charge is 0.343 e. The number of aliphatic carboxylic acids is 1. The lowest BCUT2D eigenvalue weighted by atomic mass is 9.94. The summed E-state index contributed by atoms with van der Waals surface area (Å²) < 4.78 is 0.286. The third kappa shape index (κ3) is 3.73. The van der Waals surface area contributed by atoms with Crippen LogP contribution in [0.15, 0.2) is 64.9 Å². The number of allylic oxidation sites excluding steroid dienone is 1. The van der Waals surface area contributed by atoms with Crippen LogP contribution in [0.1, 0.15) is 32.8 Å². The minimum absolute atomic E-state index is 0.0700. The number of quaternary nitrogens is 1. The van der Waals surface area contributed by atoms with Crippen LogP contribution in [0.25, 0.3) is 22.5 Å². The van der Waals surface area contributed by atoms with Gasteiger partial charge in [-0.05, 0) is 28.0 Å². The maximum Gasteiger partial charge on any atom is 0.343 e. The van der Waals surface area contributed by atoms with Crippen LogP contribution >= 0.6 is 0 Å². The molecule has 1 aliphatic rings. The molecule has 2 N–H and O–H groups in total. The van der Waals surface area contributed by atoms with Crippen LogP contribution < -0.4 is 0 Å². The fraction of sp³-hybridized carbons (Fsp3) is 0.292. The normalized spacial score (nSPS) is 18.3. The largest absolute Gasteiger partial charge is 0.477 e. The third-order valence-corrected chi connectivity index (χ3v) is 5.75. The molecule has 8 nitrogen and oxygen atoms in total. The molecule has 0 saturated heterocycles. The van der Waals surface area contributed by atoms with E-state index in [0.29, 0.717) is 17.1 Å². The number of carboxylic acid groups (broad SMARTS) is 1. The highest BCUT2D eigenvalue weighted by atomic mass is 16.4. The van der Waals surface area contributed by atoms with Crippen LogP contribution in [0.2, 0.25) is 0 Å². The first-order chi connectivity index (χ1) is 15.4. The molecule has 3 aromatic rings. The van der Waals surface area contributed by atoms with Gasteiger partial charge in [0.1, 0.15) is 12.3 Å². The van der Waals surface area contributed by atoms with Gasteiger partial charge in [-0.3, -0.25) is 0 Å². The maximum absolute atomic E-state index is 12.3. The van der Waals surface area contributed by atoms with Crippen molar-refractivity contribution in [3.8, 4) is 22.5 Å². The second-order valence-electron chi connectivity index (χ2n) is 8.40. The second-order valence-corrected chi connectivity index (χ2v) is 8.40. The first-order valence-electron chi connectivity index (χ1n) is 10.7. The number of H-pyrrole nitrogens is 1. The molecule has 0 aliphatic carbocycles. The number of nitrogens with one attached hydrogen (secondary N) is 1. The average molecular weight is 432 g/mol. The Kier molecular flexibility index (Phi) is 5.71. The van der Waals surface area contributed by atoms with Gasteiger partial charge in [-0.15, -0.1) is 5.10 Å². The SMILES string of the molecule is CCC[N+]1(C)N=C(c2ccc(-c3ccccc3-c3nnn[nH]3)cc2)C(C(=O)O)=C1C(C)C. The molecule has 4 rings (SSSR count). The summed E-state index contributed by atoms with van der Waals surface area (Å²) >= 11 is 0. The summed E-state index contributed by atoms with van der Waals surface area (Å²) in [6.07, 6.45) is 0.905. The van der Waals surface area contributed by atoms with E-state index in [2.05, 4.69) is 27.5 Å². The van der Waals surface area contributed by atoms with Crippen molar-refractivity contribution in [2.24, 2.45) is 11.0 Å². The molecule has 1 atom stereocenters. The van der Waals surface area contributed by atoms with E-state index < -0.39 is 5.97 Å². The molecule has 1 aromatic heterocycles. The minimum Gasteiger partial charge on any atom is -0.477 e.